The molecule has 1 aromatic rings. The van der Waals surface area contributed by atoms with Gasteiger partial charge in [-0.25, -0.2) is 0 Å². The standard InChI is InChI=1S/C9H10N2O4/c1-6-8(11(13)14)2-3-9(12)10(6)4-7-5-15-7/h2-3,7H,4-5H2,1H3/t7-/m0/s1. The van der Waals surface area contributed by atoms with Crippen LogP contribution in [-0.2, 0) is 11.3 Å². The van der Waals surface area contributed by atoms with Gasteiger partial charge in [-0.1, -0.05) is 0 Å². The molecule has 1 fully saturated rings. The van der Waals surface area contributed by atoms with Crippen LogP contribution in [0.15, 0.2) is 16.9 Å². The number of aromatic nitrogens is 1. The van der Waals surface area contributed by atoms with E-state index in [1.165, 1.54) is 16.7 Å². The number of nitrogens with zero attached hydrogens (tertiary/aromatic N) is 2. The number of ether oxygens (including phenoxy) is 1. The average molecular weight is 210 g/mol. The topological polar surface area (TPSA) is 77.7 Å². The van der Waals surface area contributed by atoms with Gasteiger partial charge in [-0.15, -0.1) is 0 Å². The summed E-state index contributed by atoms with van der Waals surface area (Å²) < 4.78 is 6.38. The zero-order chi connectivity index (χ0) is 11.0. The zero-order valence-corrected chi connectivity index (χ0v) is 8.17. The Morgan fingerprint density at radius 3 is 2.87 bits per heavy atom. The third-order valence-corrected chi connectivity index (χ3v) is 2.41. The molecule has 0 N–H and O–H groups in total. The molecule has 15 heavy (non-hydrogen) atoms. The molecule has 1 atom stereocenters. The van der Waals surface area contributed by atoms with Crippen molar-refractivity contribution in [2.45, 2.75) is 19.6 Å². The lowest BCUT2D eigenvalue weighted by Gasteiger charge is -2.07. The summed E-state index contributed by atoms with van der Waals surface area (Å²) in [5.74, 6) is 0. The van der Waals surface area contributed by atoms with Gasteiger partial charge in [0, 0.05) is 12.1 Å². The first-order valence-electron chi connectivity index (χ1n) is 4.56. The van der Waals surface area contributed by atoms with E-state index in [1.54, 1.807) is 6.92 Å². The Morgan fingerprint density at radius 2 is 2.33 bits per heavy atom. The van der Waals surface area contributed by atoms with E-state index in [9.17, 15) is 14.9 Å². The van der Waals surface area contributed by atoms with E-state index in [4.69, 9.17) is 4.74 Å². The molecule has 0 radical (unpaired) electrons. The maximum atomic E-state index is 11.5. The van der Waals surface area contributed by atoms with Crippen LogP contribution in [0.25, 0.3) is 0 Å². The summed E-state index contributed by atoms with van der Waals surface area (Å²) in [6, 6.07) is 2.45. The van der Waals surface area contributed by atoms with Gasteiger partial charge in [-0.05, 0) is 6.92 Å². The molecule has 0 unspecified atom stereocenters. The average Bonchev–Trinajstić information content (AvgIpc) is 2.95. The molecule has 6 nitrogen and oxygen atoms in total. The number of rotatable bonds is 3. The number of pyridine rings is 1. The summed E-state index contributed by atoms with van der Waals surface area (Å²) in [7, 11) is 0. The van der Waals surface area contributed by atoms with Gasteiger partial charge in [0.2, 0.25) is 0 Å². The lowest BCUT2D eigenvalue weighted by Crippen LogP contribution is -2.24. The van der Waals surface area contributed by atoms with Gasteiger partial charge in [-0.3, -0.25) is 14.9 Å². The fraction of sp³-hybridized carbons (Fsp3) is 0.444. The summed E-state index contributed by atoms with van der Waals surface area (Å²) in [5, 5.41) is 10.6. The second-order valence-corrected chi connectivity index (χ2v) is 3.47. The third-order valence-electron chi connectivity index (χ3n) is 2.41. The number of hydrogen-bond donors (Lipinski definition) is 0. The molecular weight excluding hydrogens is 200 g/mol. The first-order valence-corrected chi connectivity index (χ1v) is 4.56. The van der Waals surface area contributed by atoms with E-state index in [0.29, 0.717) is 18.8 Å². The summed E-state index contributed by atoms with van der Waals surface area (Å²) >= 11 is 0. The van der Waals surface area contributed by atoms with Gasteiger partial charge in [0.1, 0.15) is 0 Å². The van der Waals surface area contributed by atoms with Crippen LogP contribution in [0.5, 0.6) is 0 Å². The van der Waals surface area contributed by atoms with E-state index < -0.39 is 4.92 Å². The summed E-state index contributed by atoms with van der Waals surface area (Å²) in [6.45, 7) is 2.59. The van der Waals surface area contributed by atoms with Crippen molar-refractivity contribution < 1.29 is 9.66 Å². The van der Waals surface area contributed by atoms with Crippen molar-refractivity contribution in [3.8, 4) is 0 Å². The van der Waals surface area contributed by atoms with Crippen LogP contribution in [-0.4, -0.2) is 22.2 Å². The maximum absolute atomic E-state index is 11.5. The highest BCUT2D eigenvalue weighted by Gasteiger charge is 2.25. The Kier molecular flexibility index (Phi) is 2.28. The van der Waals surface area contributed by atoms with Crippen molar-refractivity contribution >= 4 is 5.69 Å². The second-order valence-electron chi connectivity index (χ2n) is 3.47. The highest BCUT2D eigenvalue weighted by Crippen LogP contribution is 2.17. The molecule has 0 saturated carbocycles. The van der Waals surface area contributed by atoms with E-state index in [0.717, 1.165) is 0 Å². The predicted octanol–water partition coefficient (Wildman–Crippen LogP) is 0.464. The minimum Gasteiger partial charge on any atom is -0.371 e. The normalized spacial score (nSPS) is 18.9. The molecule has 0 aliphatic carbocycles. The van der Waals surface area contributed by atoms with Crippen LogP contribution in [0.4, 0.5) is 5.69 Å². The molecule has 1 aliphatic rings. The minimum absolute atomic E-state index is 0.0309. The fourth-order valence-electron chi connectivity index (χ4n) is 1.46. The summed E-state index contributed by atoms with van der Waals surface area (Å²) in [6.07, 6.45) is 0.0309. The Morgan fingerprint density at radius 1 is 1.67 bits per heavy atom. The molecule has 1 aliphatic heterocycles. The van der Waals surface area contributed by atoms with Gasteiger partial charge in [-0.2, -0.15) is 0 Å². The zero-order valence-electron chi connectivity index (χ0n) is 8.17. The first-order chi connectivity index (χ1) is 7.09. The SMILES string of the molecule is Cc1c([N+](=O)[O-])ccc(=O)n1C[C@H]1CO1. The lowest BCUT2D eigenvalue weighted by molar-refractivity contribution is -0.386. The quantitative estimate of drug-likeness (QED) is 0.412. The van der Waals surface area contributed by atoms with Crippen LogP contribution in [0.2, 0.25) is 0 Å². The number of hydrogen-bond acceptors (Lipinski definition) is 4. The van der Waals surface area contributed by atoms with Crippen LogP contribution >= 0.6 is 0 Å². The Labute approximate surface area is 85.2 Å². The molecule has 0 bridgehead atoms. The van der Waals surface area contributed by atoms with Crippen LogP contribution in [0.1, 0.15) is 5.69 Å². The summed E-state index contributed by atoms with van der Waals surface area (Å²) in [5.41, 5.74) is 0.117. The van der Waals surface area contributed by atoms with E-state index in [-0.39, 0.29) is 17.4 Å². The number of epoxide rings is 1. The number of nitro groups is 1. The van der Waals surface area contributed by atoms with Crippen molar-refractivity contribution in [1.29, 1.82) is 0 Å². The van der Waals surface area contributed by atoms with E-state index in [1.807, 2.05) is 0 Å². The predicted molar refractivity (Wildman–Crippen MR) is 51.8 cm³/mol. The Hall–Kier alpha value is -1.69. The smallest absolute Gasteiger partial charge is 0.288 e. The molecular formula is C9H10N2O4. The molecule has 2 heterocycles. The van der Waals surface area contributed by atoms with Crippen molar-refractivity contribution in [2.75, 3.05) is 6.61 Å². The van der Waals surface area contributed by atoms with E-state index >= 15 is 0 Å². The Balaban J connectivity index is 2.45. The highest BCUT2D eigenvalue weighted by molar-refractivity contribution is 5.34. The molecule has 2 rings (SSSR count). The molecule has 0 spiro atoms. The van der Waals surface area contributed by atoms with Gasteiger partial charge >= 0.3 is 0 Å². The van der Waals surface area contributed by atoms with Crippen molar-refractivity contribution in [3.05, 3.63) is 38.3 Å². The molecule has 0 aromatic carbocycles. The van der Waals surface area contributed by atoms with Crippen molar-refractivity contribution in [1.82, 2.24) is 4.57 Å². The van der Waals surface area contributed by atoms with Crippen LogP contribution in [0, 0.1) is 17.0 Å². The van der Waals surface area contributed by atoms with Gasteiger partial charge < -0.3 is 9.30 Å². The second kappa shape index (κ2) is 3.47. The van der Waals surface area contributed by atoms with Gasteiger partial charge in [0.25, 0.3) is 11.2 Å². The third kappa shape index (κ3) is 1.89. The molecule has 0 amide bonds. The van der Waals surface area contributed by atoms with E-state index in [2.05, 4.69) is 0 Å². The van der Waals surface area contributed by atoms with Gasteiger partial charge in [0.05, 0.1) is 29.9 Å². The van der Waals surface area contributed by atoms with Crippen molar-refractivity contribution in [3.63, 3.8) is 0 Å². The first kappa shape index (κ1) is 9.85. The lowest BCUT2D eigenvalue weighted by atomic mass is 10.3. The van der Waals surface area contributed by atoms with Crippen LogP contribution < -0.4 is 5.56 Å². The summed E-state index contributed by atoms with van der Waals surface area (Å²) in [4.78, 5) is 21.6. The molecule has 1 saturated heterocycles. The van der Waals surface area contributed by atoms with Crippen molar-refractivity contribution in [2.24, 2.45) is 0 Å². The van der Waals surface area contributed by atoms with Gasteiger partial charge in [0.15, 0.2) is 0 Å². The monoisotopic (exact) mass is 210 g/mol. The fourth-order valence-corrected chi connectivity index (χ4v) is 1.46. The maximum Gasteiger partial charge on any atom is 0.288 e. The largest absolute Gasteiger partial charge is 0.371 e. The van der Waals surface area contributed by atoms with Crippen LogP contribution in [0.3, 0.4) is 0 Å². The molecule has 80 valence electrons. The highest BCUT2D eigenvalue weighted by atomic mass is 16.6. The minimum atomic E-state index is -0.487. The Bertz CT molecular complexity index is 462. The molecule has 1 aromatic heterocycles. The molecule has 6 heteroatoms.